The Labute approximate surface area is 84.9 Å². The predicted molar refractivity (Wildman–Crippen MR) is 58.6 cm³/mol. The van der Waals surface area contributed by atoms with E-state index in [0.717, 1.165) is 12.1 Å². The van der Waals surface area contributed by atoms with Crippen LogP contribution in [0.3, 0.4) is 0 Å². The van der Waals surface area contributed by atoms with Gasteiger partial charge in [0.05, 0.1) is 5.69 Å². The molecular formula is C9H15N3OS. The first-order valence-corrected chi connectivity index (χ1v) is 6.23. The summed E-state index contributed by atoms with van der Waals surface area (Å²) in [4.78, 5) is 4.02. The van der Waals surface area contributed by atoms with Gasteiger partial charge in [-0.3, -0.25) is 9.71 Å². The van der Waals surface area contributed by atoms with Gasteiger partial charge in [0.1, 0.15) is 9.92 Å². The lowest BCUT2D eigenvalue weighted by molar-refractivity contribution is 0.677. The van der Waals surface area contributed by atoms with Crippen LogP contribution in [0.25, 0.3) is 0 Å². The fourth-order valence-corrected chi connectivity index (χ4v) is 2.32. The minimum Gasteiger partial charge on any atom is -0.299 e. The third-order valence-corrected chi connectivity index (χ3v) is 3.22. The Bertz CT molecular complexity index is 400. The van der Waals surface area contributed by atoms with Crippen molar-refractivity contribution < 1.29 is 4.21 Å². The molecule has 0 aliphatic heterocycles. The SMILES string of the molecule is CCCS(=N)(=O)Nc1ccnc(C)c1. The maximum Gasteiger partial charge on any atom is 0.126 e. The van der Waals surface area contributed by atoms with Gasteiger partial charge in [0, 0.05) is 17.6 Å². The molecule has 1 aromatic rings. The first-order valence-electron chi connectivity index (χ1n) is 4.50. The third kappa shape index (κ3) is 3.33. The van der Waals surface area contributed by atoms with E-state index in [1.54, 1.807) is 18.3 Å². The average Bonchev–Trinajstić information content (AvgIpc) is 2.02. The van der Waals surface area contributed by atoms with Crippen molar-refractivity contribution in [2.75, 3.05) is 10.5 Å². The van der Waals surface area contributed by atoms with Crippen molar-refractivity contribution in [1.82, 2.24) is 4.98 Å². The van der Waals surface area contributed by atoms with Crippen LogP contribution >= 0.6 is 0 Å². The number of nitrogens with one attached hydrogen (secondary N) is 2. The van der Waals surface area contributed by atoms with Crippen LogP contribution in [0.5, 0.6) is 0 Å². The number of rotatable bonds is 4. The zero-order valence-corrected chi connectivity index (χ0v) is 9.23. The number of pyridine rings is 1. The van der Waals surface area contributed by atoms with E-state index in [-0.39, 0.29) is 0 Å². The van der Waals surface area contributed by atoms with Gasteiger partial charge >= 0.3 is 0 Å². The van der Waals surface area contributed by atoms with Crippen molar-refractivity contribution in [3.05, 3.63) is 24.0 Å². The Morgan fingerprint density at radius 1 is 1.64 bits per heavy atom. The maximum atomic E-state index is 11.6. The van der Waals surface area contributed by atoms with Crippen molar-refractivity contribution >= 4 is 15.6 Å². The summed E-state index contributed by atoms with van der Waals surface area (Å²) in [6, 6.07) is 3.50. The molecule has 0 aliphatic rings. The number of aryl methyl sites for hydroxylation is 1. The van der Waals surface area contributed by atoms with Gasteiger partial charge in [0.2, 0.25) is 0 Å². The molecule has 14 heavy (non-hydrogen) atoms. The van der Waals surface area contributed by atoms with E-state index in [4.69, 9.17) is 4.78 Å². The van der Waals surface area contributed by atoms with Gasteiger partial charge < -0.3 is 0 Å². The fraction of sp³-hybridized carbons (Fsp3) is 0.444. The van der Waals surface area contributed by atoms with Gasteiger partial charge in [-0.05, 0) is 25.5 Å². The maximum absolute atomic E-state index is 11.6. The minimum atomic E-state index is -2.68. The Hall–Kier alpha value is -1.10. The standard InChI is InChI=1S/C9H15N3OS/c1-3-6-14(10,13)12-9-4-5-11-8(2)7-9/h4-5,7H,3,6H2,1-2H3,(H2,10,11,12,13). The zero-order chi connectivity index (χ0) is 10.6. The summed E-state index contributed by atoms with van der Waals surface area (Å²) in [6.45, 7) is 3.77. The second-order valence-corrected chi connectivity index (χ2v) is 5.13. The van der Waals surface area contributed by atoms with E-state index in [9.17, 15) is 4.21 Å². The number of anilines is 1. The van der Waals surface area contributed by atoms with Crippen LogP contribution in [0.2, 0.25) is 0 Å². The highest BCUT2D eigenvalue weighted by atomic mass is 32.2. The van der Waals surface area contributed by atoms with Crippen LogP contribution in [-0.2, 0) is 9.92 Å². The summed E-state index contributed by atoms with van der Waals surface area (Å²) < 4.78 is 21.8. The summed E-state index contributed by atoms with van der Waals surface area (Å²) >= 11 is 0. The molecule has 1 atom stereocenters. The molecule has 0 bridgehead atoms. The van der Waals surface area contributed by atoms with Crippen LogP contribution in [0.15, 0.2) is 18.3 Å². The van der Waals surface area contributed by atoms with E-state index in [2.05, 4.69) is 9.71 Å². The van der Waals surface area contributed by atoms with Gasteiger partial charge in [-0.2, -0.15) is 0 Å². The van der Waals surface area contributed by atoms with Crippen molar-refractivity contribution in [2.45, 2.75) is 20.3 Å². The van der Waals surface area contributed by atoms with E-state index < -0.39 is 9.92 Å². The summed E-state index contributed by atoms with van der Waals surface area (Å²) in [5.41, 5.74) is 1.55. The van der Waals surface area contributed by atoms with E-state index in [1.807, 2.05) is 13.8 Å². The molecule has 0 aromatic carbocycles. The molecule has 4 nitrogen and oxygen atoms in total. The highest BCUT2D eigenvalue weighted by Crippen LogP contribution is 2.10. The van der Waals surface area contributed by atoms with Gasteiger partial charge in [-0.1, -0.05) is 6.92 Å². The molecular weight excluding hydrogens is 198 g/mol. The summed E-state index contributed by atoms with van der Waals surface area (Å²) in [5.74, 6) is 0.369. The summed E-state index contributed by atoms with van der Waals surface area (Å²) in [6.07, 6.45) is 2.37. The topological polar surface area (TPSA) is 65.8 Å². The molecule has 2 N–H and O–H groups in total. The third-order valence-electron chi connectivity index (χ3n) is 1.67. The number of hydrogen-bond donors (Lipinski definition) is 2. The smallest absolute Gasteiger partial charge is 0.126 e. The zero-order valence-electron chi connectivity index (χ0n) is 8.41. The number of nitrogens with zero attached hydrogens (tertiary/aromatic N) is 1. The highest BCUT2D eigenvalue weighted by Gasteiger charge is 2.04. The van der Waals surface area contributed by atoms with Crippen molar-refractivity contribution in [2.24, 2.45) is 0 Å². The lowest BCUT2D eigenvalue weighted by Crippen LogP contribution is -2.14. The molecule has 78 valence electrons. The normalized spacial score (nSPS) is 14.7. The molecule has 0 saturated heterocycles. The molecule has 0 saturated carbocycles. The molecule has 0 fully saturated rings. The van der Waals surface area contributed by atoms with Crippen molar-refractivity contribution in [3.63, 3.8) is 0 Å². The summed E-state index contributed by atoms with van der Waals surface area (Å²) in [7, 11) is -2.68. The lowest BCUT2D eigenvalue weighted by Gasteiger charge is -2.09. The van der Waals surface area contributed by atoms with E-state index >= 15 is 0 Å². The molecule has 1 rings (SSSR count). The first-order chi connectivity index (χ1) is 6.53. The van der Waals surface area contributed by atoms with E-state index in [1.165, 1.54) is 0 Å². The Morgan fingerprint density at radius 3 is 2.93 bits per heavy atom. The lowest BCUT2D eigenvalue weighted by atomic mass is 10.3. The number of aromatic nitrogens is 1. The van der Waals surface area contributed by atoms with Crippen molar-refractivity contribution in [3.8, 4) is 0 Å². The average molecular weight is 213 g/mol. The van der Waals surface area contributed by atoms with Crippen LogP contribution in [-0.4, -0.2) is 14.9 Å². The molecule has 1 heterocycles. The van der Waals surface area contributed by atoms with Crippen LogP contribution in [0.1, 0.15) is 19.0 Å². The molecule has 0 amide bonds. The molecule has 0 spiro atoms. The largest absolute Gasteiger partial charge is 0.299 e. The van der Waals surface area contributed by atoms with Crippen LogP contribution in [0.4, 0.5) is 5.69 Å². The van der Waals surface area contributed by atoms with Crippen molar-refractivity contribution in [1.29, 1.82) is 4.78 Å². The first kappa shape index (κ1) is 11.0. The summed E-state index contributed by atoms with van der Waals surface area (Å²) in [5, 5.41) is 0. The molecule has 1 aromatic heterocycles. The molecule has 0 aliphatic carbocycles. The van der Waals surface area contributed by atoms with Crippen LogP contribution < -0.4 is 4.72 Å². The van der Waals surface area contributed by atoms with Gasteiger partial charge in [0.15, 0.2) is 0 Å². The Morgan fingerprint density at radius 2 is 2.36 bits per heavy atom. The fourth-order valence-electron chi connectivity index (χ4n) is 1.14. The Balaban J connectivity index is 2.79. The van der Waals surface area contributed by atoms with E-state index in [0.29, 0.717) is 11.4 Å². The number of hydrogen-bond acceptors (Lipinski definition) is 3. The minimum absolute atomic E-state index is 0.369. The Kier molecular flexibility index (Phi) is 3.46. The van der Waals surface area contributed by atoms with Gasteiger partial charge in [-0.25, -0.2) is 8.99 Å². The van der Waals surface area contributed by atoms with Crippen LogP contribution in [0, 0.1) is 11.7 Å². The van der Waals surface area contributed by atoms with Gasteiger partial charge in [-0.15, -0.1) is 0 Å². The molecule has 1 unspecified atom stereocenters. The second kappa shape index (κ2) is 4.41. The quantitative estimate of drug-likeness (QED) is 0.805. The highest BCUT2D eigenvalue weighted by molar-refractivity contribution is 7.93. The second-order valence-electron chi connectivity index (χ2n) is 3.17. The van der Waals surface area contributed by atoms with Gasteiger partial charge in [0.25, 0.3) is 0 Å². The molecule has 0 radical (unpaired) electrons. The molecule has 5 heteroatoms. The predicted octanol–water partition coefficient (Wildman–Crippen LogP) is 2.17. The monoisotopic (exact) mass is 213 g/mol.